The van der Waals surface area contributed by atoms with E-state index in [1.807, 2.05) is 42.5 Å². The van der Waals surface area contributed by atoms with Crippen molar-refractivity contribution in [2.24, 2.45) is 4.99 Å². The standard InChI is InChI=1S/C21H20N2O5S2/c1-2-26-20(25)12-23-15-10-16-17(28-13-27-16)11-18(15)30-21(23)22-19(24)8-9-29-14-6-4-3-5-7-14/h3-7,10-11H,2,8-9,12-13H2,1H3. The van der Waals surface area contributed by atoms with Crippen molar-refractivity contribution in [3.63, 3.8) is 0 Å². The Kier molecular flexibility index (Phi) is 6.39. The fourth-order valence-electron chi connectivity index (χ4n) is 2.97. The van der Waals surface area contributed by atoms with E-state index in [1.54, 1.807) is 23.3 Å². The number of carbonyl (C=O) groups excluding carboxylic acids is 2. The van der Waals surface area contributed by atoms with Crippen molar-refractivity contribution in [3.8, 4) is 11.5 Å². The molecule has 0 N–H and O–H groups in total. The summed E-state index contributed by atoms with van der Waals surface area (Å²) in [6.45, 7) is 2.18. The number of esters is 1. The number of hydrogen-bond acceptors (Lipinski definition) is 7. The van der Waals surface area contributed by atoms with Gasteiger partial charge in [-0.2, -0.15) is 4.99 Å². The molecule has 0 saturated heterocycles. The monoisotopic (exact) mass is 444 g/mol. The summed E-state index contributed by atoms with van der Waals surface area (Å²) in [5.41, 5.74) is 0.752. The predicted molar refractivity (Wildman–Crippen MR) is 115 cm³/mol. The van der Waals surface area contributed by atoms with Gasteiger partial charge in [-0.15, -0.1) is 11.8 Å². The zero-order valence-electron chi connectivity index (χ0n) is 16.3. The number of thiazole rings is 1. The normalized spacial score (nSPS) is 13.0. The average molecular weight is 445 g/mol. The lowest BCUT2D eigenvalue weighted by Crippen LogP contribution is -2.23. The second kappa shape index (κ2) is 9.36. The molecule has 0 unspecified atom stereocenters. The number of amides is 1. The van der Waals surface area contributed by atoms with Crippen molar-refractivity contribution in [1.82, 2.24) is 4.57 Å². The lowest BCUT2D eigenvalue weighted by molar-refractivity contribution is -0.143. The molecule has 1 aliphatic rings. The van der Waals surface area contributed by atoms with Crippen LogP contribution in [0.4, 0.5) is 0 Å². The van der Waals surface area contributed by atoms with Gasteiger partial charge in [-0.3, -0.25) is 9.59 Å². The quantitative estimate of drug-likeness (QED) is 0.409. The third kappa shape index (κ3) is 4.68. The van der Waals surface area contributed by atoms with Crippen LogP contribution >= 0.6 is 23.1 Å². The summed E-state index contributed by atoms with van der Waals surface area (Å²) in [6.07, 6.45) is 0.302. The molecule has 0 spiro atoms. The van der Waals surface area contributed by atoms with E-state index in [-0.39, 0.29) is 31.8 Å². The van der Waals surface area contributed by atoms with Crippen LogP contribution in [0, 0.1) is 0 Å². The van der Waals surface area contributed by atoms with Gasteiger partial charge in [-0.1, -0.05) is 29.5 Å². The van der Waals surface area contributed by atoms with Gasteiger partial charge in [0.1, 0.15) is 6.54 Å². The van der Waals surface area contributed by atoms with E-state index >= 15 is 0 Å². The second-order valence-electron chi connectivity index (χ2n) is 6.37. The maximum Gasteiger partial charge on any atom is 0.326 e. The zero-order chi connectivity index (χ0) is 20.9. The fraction of sp³-hybridized carbons (Fsp3) is 0.286. The van der Waals surface area contributed by atoms with Crippen LogP contribution in [-0.2, 0) is 20.9 Å². The lowest BCUT2D eigenvalue weighted by atomic mass is 10.3. The Morgan fingerprint density at radius 1 is 1.20 bits per heavy atom. The Hall–Kier alpha value is -2.78. The minimum absolute atomic E-state index is 0.0294. The molecule has 156 valence electrons. The van der Waals surface area contributed by atoms with E-state index in [0.717, 1.165) is 15.1 Å². The topological polar surface area (TPSA) is 79.1 Å². The van der Waals surface area contributed by atoms with Crippen molar-refractivity contribution in [1.29, 1.82) is 0 Å². The van der Waals surface area contributed by atoms with Crippen LogP contribution in [-0.4, -0.2) is 35.6 Å². The predicted octanol–water partition coefficient (Wildman–Crippen LogP) is 3.60. The highest BCUT2D eigenvalue weighted by atomic mass is 32.2. The van der Waals surface area contributed by atoms with Crippen LogP contribution in [0.5, 0.6) is 11.5 Å². The van der Waals surface area contributed by atoms with Gasteiger partial charge in [-0.05, 0) is 19.1 Å². The van der Waals surface area contributed by atoms with Crippen molar-refractivity contribution < 1.29 is 23.8 Å². The molecule has 4 rings (SSSR count). The first-order valence-corrected chi connectivity index (χ1v) is 11.3. The largest absolute Gasteiger partial charge is 0.465 e. The van der Waals surface area contributed by atoms with Gasteiger partial charge < -0.3 is 18.8 Å². The molecule has 0 saturated carbocycles. The Bertz CT molecular complexity index is 1140. The molecule has 0 aliphatic carbocycles. The number of benzene rings is 2. The minimum Gasteiger partial charge on any atom is -0.465 e. The number of thioether (sulfide) groups is 1. The molecular formula is C21H20N2O5S2. The molecule has 1 aromatic heterocycles. The van der Waals surface area contributed by atoms with Crippen LogP contribution in [0.15, 0.2) is 52.4 Å². The van der Waals surface area contributed by atoms with E-state index in [0.29, 0.717) is 28.5 Å². The highest BCUT2D eigenvalue weighted by Gasteiger charge is 2.19. The van der Waals surface area contributed by atoms with Crippen molar-refractivity contribution in [2.75, 3.05) is 19.2 Å². The number of aromatic nitrogens is 1. The lowest BCUT2D eigenvalue weighted by Gasteiger charge is -2.05. The number of nitrogens with zero attached hydrogens (tertiary/aromatic N) is 2. The van der Waals surface area contributed by atoms with Gasteiger partial charge in [-0.25, -0.2) is 0 Å². The molecule has 30 heavy (non-hydrogen) atoms. The first-order valence-electron chi connectivity index (χ1n) is 9.48. The van der Waals surface area contributed by atoms with Crippen molar-refractivity contribution in [2.45, 2.75) is 24.8 Å². The smallest absolute Gasteiger partial charge is 0.326 e. The highest BCUT2D eigenvalue weighted by molar-refractivity contribution is 7.99. The molecule has 3 aromatic rings. The van der Waals surface area contributed by atoms with Crippen LogP contribution in [0.25, 0.3) is 10.2 Å². The molecule has 0 fully saturated rings. The van der Waals surface area contributed by atoms with Gasteiger partial charge >= 0.3 is 5.97 Å². The van der Waals surface area contributed by atoms with E-state index < -0.39 is 0 Å². The summed E-state index contributed by atoms with van der Waals surface area (Å²) in [7, 11) is 0. The summed E-state index contributed by atoms with van der Waals surface area (Å²) < 4.78 is 18.5. The van der Waals surface area contributed by atoms with Gasteiger partial charge in [0.2, 0.25) is 12.7 Å². The maximum absolute atomic E-state index is 12.5. The first kappa shape index (κ1) is 20.5. The van der Waals surface area contributed by atoms with E-state index in [9.17, 15) is 9.59 Å². The van der Waals surface area contributed by atoms with Crippen LogP contribution in [0.3, 0.4) is 0 Å². The van der Waals surface area contributed by atoms with Crippen molar-refractivity contribution >= 4 is 45.2 Å². The third-order valence-electron chi connectivity index (χ3n) is 4.32. The SMILES string of the molecule is CCOC(=O)Cn1c(=NC(=O)CCSc2ccccc2)sc2cc3c(cc21)OCO3. The van der Waals surface area contributed by atoms with Crippen molar-refractivity contribution in [3.05, 3.63) is 47.3 Å². The van der Waals surface area contributed by atoms with Crippen LogP contribution in [0.2, 0.25) is 0 Å². The molecule has 2 aromatic carbocycles. The fourth-order valence-corrected chi connectivity index (χ4v) is 4.89. The summed E-state index contributed by atoms with van der Waals surface area (Å²) in [4.78, 5) is 30.5. The molecule has 2 heterocycles. The number of carbonyl (C=O) groups is 2. The summed E-state index contributed by atoms with van der Waals surface area (Å²) in [5.74, 6) is 1.26. The molecule has 0 bridgehead atoms. The Morgan fingerprint density at radius 3 is 2.73 bits per heavy atom. The minimum atomic E-state index is -0.386. The first-order chi connectivity index (χ1) is 14.6. The van der Waals surface area contributed by atoms with E-state index in [1.165, 1.54) is 11.3 Å². The summed E-state index contributed by atoms with van der Waals surface area (Å²) in [6, 6.07) is 13.6. The molecular weight excluding hydrogens is 424 g/mol. The Balaban J connectivity index is 1.59. The Labute approximate surface area is 181 Å². The Morgan fingerprint density at radius 2 is 1.97 bits per heavy atom. The zero-order valence-corrected chi connectivity index (χ0v) is 18.0. The molecule has 1 amide bonds. The van der Waals surface area contributed by atoms with Gasteiger partial charge in [0, 0.05) is 29.2 Å². The molecule has 9 heteroatoms. The third-order valence-corrected chi connectivity index (χ3v) is 6.37. The molecule has 0 radical (unpaired) electrons. The summed E-state index contributed by atoms with van der Waals surface area (Å²) >= 11 is 2.94. The second-order valence-corrected chi connectivity index (χ2v) is 8.54. The molecule has 1 aliphatic heterocycles. The van der Waals surface area contributed by atoms with Crippen LogP contribution < -0.4 is 14.3 Å². The van der Waals surface area contributed by atoms with Gasteiger partial charge in [0.15, 0.2) is 16.3 Å². The molecule has 0 atom stereocenters. The maximum atomic E-state index is 12.5. The van der Waals surface area contributed by atoms with Crippen LogP contribution in [0.1, 0.15) is 13.3 Å². The van der Waals surface area contributed by atoms with Gasteiger partial charge in [0.05, 0.1) is 16.8 Å². The van der Waals surface area contributed by atoms with E-state index in [2.05, 4.69) is 4.99 Å². The summed E-state index contributed by atoms with van der Waals surface area (Å²) in [5, 5.41) is 0. The number of hydrogen-bond donors (Lipinski definition) is 0. The average Bonchev–Trinajstić information content (AvgIpc) is 3.31. The number of ether oxygens (including phenoxy) is 3. The molecule has 7 nitrogen and oxygen atoms in total. The number of fused-ring (bicyclic) bond motifs is 2. The number of rotatable bonds is 7. The van der Waals surface area contributed by atoms with E-state index in [4.69, 9.17) is 14.2 Å². The highest BCUT2D eigenvalue weighted by Crippen LogP contribution is 2.37. The van der Waals surface area contributed by atoms with Gasteiger partial charge in [0.25, 0.3) is 0 Å².